The average molecular weight is 267 g/mol. The second-order valence-corrected chi connectivity index (χ2v) is 6.11. The van der Waals surface area contributed by atoms with Crippen molar-refractivity contribution in [3.63, 3.8) is 0 Å². The summed E-state index contributed by atoms with van der Waals surface area (Å²) in [5.41, 5.74) is 0.723. The molecule has 3 nitrogen and oxygen atoms in total. The first-order valence-corrected chi connectivity index (χ1v) is 7.64. The van der Waals surface area contributed by atoms with Gasteiger partial charge in [0, 0.05) is 11.9 Å². The minimum absolute atomic E-state index is 0.327. The fraction of sp³-hybridized carbons (Fsp3) is 0.167. The van der Waals surface area contributed by atoms with E-state index in [-0.39, 0.29) is 0 Å². The van der Waals surface area contributed by atoms with E-state index in [1.165, 1.54) is 15.6 Å². The lowest BCUT2D eigenvalue weighted by atomic mass is 10.4. The summed E-state index contributed by atoms with van der Waals surface area (Å²) in [5.74, 6) is 0. The Morgan fingerprint density at radius 2 is 1.88 bits per heavy atom. The van der Waals surface area contributed by atoms with Crippen molar-refractivity contribution in [1.29, 1.82) is 0 Å². The molecule has 0 spiro atoms. The van der Waals surface area contributed by atoms with Crippen LogP contribution < -0.4 is 4.31 Å². The summed E-state index contributed by atoms with van der Waals surface area (Å²) in [7, 11) is -3.43. The lowest BCUT2D eigenvalue weighted by Crippen LogP contribution is -2.30. The van der Waals surface area contributed by atoms with E-state index in [9.17, 15) is 8.42 Å². The van der Waals surface area contributed by atoms with Gasteiger partial charge in [-0.05, 0) is 30.5 Å². The molecule has 1 aromatic carbocycles. The molecule has 0 N–H and O–H groups in total. The number of hydrogen-bond donors (Lipinski definition) is 0. The smallest absolute Gasteiger partial charge is 0.264 e. The van der Waals surface area contributed by atoms with Gasteiger partial charge >= 0.3 is 0 Å². The summed E-state index contributed by atoms with van der Waals surface area (Å²) >= 11 is 1.49. The van der Waals surface area contributed by atoms with Crippen molar-refractivity contribution in [3.05, 3.63) is 47.2 Å². The molecular formula is C12H13NO2S2. The van der Waals surface area contributed by atoms with Gasteiger partial charge in [-0.1, -0.05) is 18.2 Å². The van der Waals surface area contributed by atoms with E-state index < -0.39 is 10.0 Å². The molecule has 0 aliphatic rings. The van der Waals surface area contributed by atoms with Crippen LogP contribution in [0.2, 0.25) is 0 Å². The predicted molar refractivity (Wildman–Crippen MR) is 71.0 cm³/mol. The number of benzene rings is 1. The van der Waals surface area contributed by atoms with Gasteiger partial charge in [0.1, 0.15) is 0 Å². The third-order valence-electron chi connectivity index (χ3n) is 2.41. The molecule has 17 heavy (non-hydrogen) atoms. The van der Waals surface area contributed by atoms with E-state index in [0.717, 1.165) is 5.69 Å². The number of sulfonamides is 1. The first-order chi connectivity index (χ1) is 8.16. The Balaban J connectivity index is 2.45. The Labute approximate surface area is 105 Å². The van der Waals surface area contributed by atoms with Crippen molar-refractivity contribution >= 4 is 27.0 Å². The standard InChI is InChI=1S/C12H13NO2S2/c1-2-13(11-8-9-16-10-11)17(14,15)12-6-4-3-5-7-12/h3-10H,2H2,1H3. The molecule has 0 atom stereocenters. The Bertz CT molecular complexity index is 562. The fourth-order valence-corrected chi connectivity index (χ4v) is 3.81. The SMILES string of the molecule is CCN(c1ccsc1)S(=O)(=O)c1ccccc1. The van der Waals surface area contributed by atoms with E-state index in [1.54, 1.807) is 30.3 Å². The highest BCUT2D eigenvalue weighted by Crippen LogP contribution is 2.25. The number of thiophene rings is 1. The van der Waals surface area contributed by atoms with Crippen LogP contribution in [0.15, 0.2) is 52.1 Å². The van der Waals surface area contributed by atoms with E-state index in [2.05, 4.69) is 0 Å². The van der Waals surface area contributed by atoms with Gasteiger partial charge in [0.2, 0.25) is 0 Å². The number of hydrogen-bond acceptors (Lipinski definition) is 3. The molecule has 2 aromatic rings. The Morgan fingerprint density at radius 3 is 2.41 bits per heavy atom. The maximum absolute atomic E-state index is 12.4. The molecule has 5 heteroatoms. The highest BCUT2D eigenvalue weighted by molar-refractivity contribution is 7.92. The van der Waals surface area contributed by atoms with Gasteiger partial charge in [-0.3, -0.25) is 4.31 Å². The first-order valence-electron chi connectivity index (χ1n) is 5.26. The van der Waals surface area contributed by atoms with E-state index in [4.69, 9.17) is 0 Å². The maximum Gasteiger partial charge on any atom is 0.264 e. The molecule has 90 valence electrons. The molecule has 0 amide bonds. The van der Waals surface area contributed by atoms with Crippen LogP contribution in [0, 0.1) is 0 Å². The van der Waals surface area contributed by atoms with E-state index >= 15 is 0 Å². The zero-order valence-corrected chi connectivity index (χ0v) is 11.0. The molecule has 0 aliphatic heterocycles. The molecule has 2 rings (SSSR count). The molecule has 0 bridgehead atoms. The lowest BCUT2D eigenvalue weighted by Gasteiger charge is -2.21. The van der Waals surface area contributed by atoms with Crippen LogP contribution in [0.25, 0.3) is 0 Å². The van der Waals surface area contributed by atoms with Crippen molar-refractivity contribution in [2.75, 3.05) is 10.8 Å². The predicted octanol–water partition coefficient (Wildman–Crippen LogP) is 2.96. The van der Waals surface area contributed by atoms with E-state index in [1.807, 2.05) is 23.8 Å². The third-order valence-corrected chi connectivity index (χ3v) is 5.00. The molecule has 1 heterocycles. The topological polar surface area (TPSA) is 37.4 Å². The average Bonchev–Trinajstić information content (AvgIpc) is 2.84. The Morgan fingerprint density at radius 1 is 1.18 bits per heavy atom. The van der Waals surface area contributed by atoms with Crippen LogP contribution in [0.3, 0.4) is 0 Å². The second-order valence-electron chi connectivity index (χ2n) is 3.46. The van der Waals surface area contributed by atoms with Crippen molar-refractivity contribution in [3.8, 4) is 0 Å². The minimum Gasteiger partial charge on any atom is -0.266 e. The molecule has 1 aromatic heterocycles. The van der Waals surface area contributed by atoms with Crippen LogP contribution in [0.5, 0.6) is 0 Å². The molecule has 0 radical (unpaired) electrons. The van der Waals surface area contributed by atoms with Crippen LogP contribution in [-0.4, -0.2) is 15.0 Å². The van der Waals surface area contributed by atoms with Crippen LogP contribution in [0.1, 0.15) is 6.92 Å². The third kappa shape index (κ3) is 2.35. The van der Waals surface area contributed by atoms with Gasteiger partial charge in [-0.25, -0.2) is 8.42 Å². The maximum atomic E-state index is 12.4. The number of anilines is 1. The molecule has 0 saturated heterocycles. The summed E-state index contributed by atoms with van der Waals surface area (Å²) in [4.78, 5) is 0.327. The zero-order valence-electron chi connectivity index (χ0n) is 9.41. The molecule has 0 fully saturated rings. The van der Waals surface area contributed by atoms with Crippen LogP contribution in [0.4, 0.5) is 5.69 Å². The Kier molecular flexibility index (Phi) is 3.49. The van der Waals surface area contributed by atoms with E-state index in [0.29, 0.717) is 11.4 Å². The zero-order chi connectivity index (χ0) is 12.3. The minimum atomic E-state index is -3.43. The van der Waals surface area contributed by atoms with Crippen molar-refractivity contribution < 1.29 is 8.42 Å². The van der Waals surface area contributed by atoms with Crippen molar-refractivity contribution in [2.45, 2.75) is 11.8 Å². The quantitative estimate of drug-likeness (QED) is 0.854. The number of nitrogens with zero attached hydrogens (tertiary/aromatic N) is 1. The second kappa shape index (κ2) is 4.89. The summed E-state index contributed by atoms with van der Waals surface area (Å²) < 4.78 is 26.2. The molecule has 0 aliphatic carbocycles. The monoisotopic (exact) mass is 267 g/mol. The summed E-state index contributed by atoms with van der Waals surface area (Å²) in [6.07, 6.45) is 0. The first kappa shape index (κ1) is 12.1. The molecule has 0 saturated carbocycles. The van der Waals surface area contributed by atoms with Gasteiger partial charge in [0.25, 0.3) is 10.0 Å². The summed E-state index contributed by atoms with van der Waals surface area (Å²) in [6, 6.07) is 10.3. The van der Waals surface area contributed by atoms with Crippen molar-refractivity contribution in [1.82, 2.24) is 0 Å². The normalized spacial score (nSPS) is 11.4. The van der Waals surface area contributed by atoms with Gasteiger partial charge in [0.05, 0.1) is 10.6 Å². The fourth-order valence-electron chi connectivity index (χ4n) is 1.61. The van der Waals surface area contributed by atoms with Crippen molar-refractivity contribution in [2.24, 2.45) is 0 Å². The van der Waals surface area contributed by atoms with Gasteiger partial charge in [0.15, 0.2) is 0 Å². The highest BCUT2D eigenvalue weighted by atomic mass is 32.2. The van der Waals surface area contributed by atoms with Gasteiger partial charge in [-0.15, -0.1) is 0 Å². The lowest BCUT2D eigenvalue weighted by molar-refractivity contribution is 0.592. The summed E-state index contributed by atoms with van der Waals surface area (Å²) in [5, 5.41) is 3.71. The highest BCUT2D eigenvalue weighted by Gasteiger charge is 2.23. The Hall–Kier alpha value is -1.33. The van der Waals surface area contributed by atoms with Crippen LogP contribution >= 0.6 is 11.3 Å². The number of rotatable bonds is 4. The largest absolute Gasteiger partial charge is 0.266 e. The molecular weight excluding hydrogens is 254 g/mol. The summed E-state index contributed by atoms with van der Waals surface area (Å²) in [6.45, 7) is 2.26. The molecule has 0 unspecified atom stereocenters. The van der Waals surface area contributed by atoms with Crippen LogP contribution in [-0.2, 0) is 10.0 Å². The van der Waals surface area contributed by atoms with Gasteiger partial charge in [-0.2, -0.15) is 11.3 Å². The van der Waals surface area contributed by atoms with Gasteiger partial charge < -0.3 is 0 Å².